The van der Waals surface area contributed by atoms with Crippen LogP contribution in [0.4, 0.5) is 17.1 Å². The van der Waals surface area contributed by atoms with Crippen molar-refractivity contribution in [2.45, 2.75) is 18.9 Å². The maximum absolute atomic E-state index is 6.03. The largest absolute Gasteiger partial charge is 0.341 e. The average Bonchev–Trinajstić information content (AvgIpc) is 2.81. The summed E-state index contributed by atoms with van der Waals surface area (Å²) in [7, 11) is 0. The highest BCUT2D eigenvalue weighted by Crippen LogP contribution is 2.40. The van der Waals surface area contributed by atoms with E-state index in [2.05, 4.69) is 102 Å². The van der Waals surface area contributed by atoms with E-state index >= 15 is 0 Å². The van der Waals surface area contributed by atoms with Crippen LogP contribution in [0.1, 0.15) is 12.0 Å². The first-order chi connectivity index (χ1) is 15.5. The zero-order valence-electron chi connectivity index (χ0n) is 17.6. The second-order valence-corrected chi connectivity index (χ2v) is 17.0. The van der Waals surface area contributed by atoms with Crippen LogP contribution in [0.3, 0.4) is 0 Å². The number of hydrogen-bond donors (Lipinski definition) is 0. The van der Waals surface area contributed by atoms with Crippen LogP contribution < -0.4 is 4.90 Å². The third-order valence-electron chi connectivity index (χ3n) is 5.36. The zero-order chi connectivity index (χ0) is 22.4. The normalized spacial score (nSPS) is 11.3. The quantitative estimate of drug-likeness (QED) is 0.173. The van der Waals surface area contributed by atoms with Crippen molar-refractivity contribution in [1.29, 1.82) is 0 Å². The van der Waals surface area contributed by atoms with E-state index in [1.165, 1.54) is 16.7 Å². The molecule has 4 aromatic rings. The SMILES string of the molecule is Cl[Si](Cl)(Cl)CCCc1ccc(N(c2ccccc2)c2ccccc2-c2ccccc2)cc1. The first-order valence-corrected chi connectivity index (χ1v) is 15.9. The summed E-state index contributed by atoms with van der Waals surface area (Å²) in [4.78, 5) is 2.31. The molecule has 0 atom stereocenters. The highest BCUT2D eigenvalue weighted by Gasteiger charge is 2.23. The van der Waals surface area contributed by atoms with Gasteiger partial charge in [-0.2, -0.15) is 0 Å². The molecule has 0 radical (unpaired) electrons. The number of benzene rings is 4. The molecule has 0 aliphatic rings. The van der Waals surface area contributed by atoms with Gasteiger partial charge in [0.2, 0.25) is 0 Å². The van der Waals surface area contributed by atoms with Crippen LogP contribution >= 0.6 is 33.2 Å². The van der Waals surface area contributed by atoms with Gasteiger partial charge < -0.3 is 4.90 Å². The van der Waals surface area contributed by atoms with Crippen LogP contribution in [-0.2, 0) is 6.42 Å². The second-order valence-electron chi connectivity index (χ2n) is 7.69. The molecular formula is C27H24Cl3NSi. The Morgan fingerprint density at radius 2 is 1.16 bits per heavy atom. The third-order valence-corrected chi connectivity index (χ3v) is 7.99. The lowest BCUT2D eigenvalue weighted by Crippen LogP contribution is -2.11. The van der Waals surface area contributed by atoms with Gasteiger partial charge in [0.25, 0.3) is 0 Å². The monoisotopic (exact) mass is 495 g/mol. The van der Waals surface area contributed by atoms with Gasteiger partial charge >= 0.3 is 6.00 Å². The molecule has 0 aliphatic heterocycles. The molecule has 4 aromatic carbocycles. The first-order valence-electron chi connectivity index (χ1n) is 10.7. The van der Waals surface area contributed by atoms with Crippen LogP contribution in [0.5, 0.6) is 0 Å². The van der Waals surface area contributed by atoms with Crippen molar-refractivity contribution in [3.8, 4) is 11.1 Å². The van der Waals surface area contributed by atoms with Gasteiger partial charge in [0.05, 0.1) is 5.69 Å². The summed E-state index contributed by atoms with van der Waals surface area (Å²) in [6, 6.07) is 36.3. The Bertz CT molecular complexity index is 1130. The molecule has 0 heterocycles. The maximum Gasteiger partial charge on any atom is 0.341 e. The number of nitrogens with zero attached hydrogens (tertiary/aromatic N) is 1. The number of halogens is 3. The highest BCUT2D eigenvalue weighted by molar-refractivity contribution is 7.64. The Balaban J connectivity index is 1.70. The molecule has 32 heavy (non-hydrogen) atoms. The molecule has 0 spiro atoms. The Kier molecular flexibility index (Phi) is 7.59. The van der Waals surface area contributed by atoms with E-state index in [1.807, 2.05) is 12.1 Å². The smallest absolute Gasteiger partial charge is 0.310 e. The molecule has 0 fully saturated rings. The van der Waals surface area contributed by atoms with Crippen molar-refractivity contribution in [3.63, 3.8) is 0 Å². The molecule has 0 bridgehead atoms. The van der Waals surface area contributed by atoms with Crippen molar-refractivity contribution in [3.05, 3.63) is 115 Å². The van der Waals surface area contributed by atoms with E-state index in [9.17, 15) is 0 Å². The zero-order valence-corrected chi connectivity index (χ0v) is 20.9. The molecule has 0 unspecified atom stereocenters. The fraction of sp³-hybridized carbons (Fsp3) is 0.111. The maximum atomic E-state index is 6.03. The minimum absolute atomic E-state index is 0.681. The Morgan fingerprint density at radius 1 is 0.594 bits per heavy atom. The summed E-state index contributed by atoms with van der Waals surface area (Å²) in [6.45, 7) is 0. The number of hydrogen-bond acceptors (Lipinski definition) is 1. The predicted octanol–water partition coefficient (Wildman–Crippen LogP) is 9.41. The lowest BCUT2D eigenvalue weighted by atomic mass is 10.0. The Hall–Kier alpha value is -2.23. The Morgan fingerprint density at radius 3 is 1.81 bits per heavy atom. The fourth-order valence-corrected chi connectivity index (χ4v) is 5.62. The van der Waals surface area contributed by atoms with Gasteiger partial charge in [0.15, 0.2) is 0 Å². The van der Waals surface area contributed by atoms with Crippen molar-refractivity contribution < 1.29 is 0 Å². The van der Waals surface area contributed by atoms with Crippen LogP contribution in [0.25, 0.3) is 11.1 Å². The molecular weight excluding hydrogens is 473 g/mol. The Labute approximate surface area is 205 Å². The average molecular weight is 497 g/mol. The molecule has 0 saturated carbocycles. The number of para-hydroxylation sites is 2. The van der Waals surface area contributed by atoms with Gasteiger partial charge in [-0.1, -0.05) is 78.9 Å². The molecule has 0 amide bonds. The van der Waals surface area contributed by atoms with Crippen molar-refractivity contribution >= 4 is 56.3 Å². The number of anilines is 3. The van der Waals surface area contributed by atoms with E-state index in [4.69, 9.17) is 33.2 Å². The molecule has 0 aliphatic carbocycles. The van der Waals surface area contributed by atoms with Crippen LogP contribution in [0.2, 0.25) is 6.04 Å². The highest BCUT2D eigenvalue weighted by atomic mass is 35.8. The van der Waals surface area contributed by atoms with E-state index in [0.29, 0.717) is 6.04 Å². The second kappa shape index (κ2) is 10.6. The lowest BCUT2D eigenvalue weighted by Gasteiger charge is -2.28. The van der Waals surface area contributed by atoms with Gasteiger partial charge in [-0.3, -0.25) is 0 Å². The topological polar surface area (TPSA) is 3.24 Å². The van der Waals surface area contributed by atoms with Crippen LogP contribution in [-0.4, -0.2) is 6.00 Å². The predicted molar refractivity (Wildman–Crippen MR) is 143 cm³/mol. The van der Waals surface area contributed by atoms with Gasteiger partial charge in [-0.25, -0.2) is 0 Å². The van der Waals surface area contributed by atoms with E-state index < -0.39 is 6.00 Å². The standard InChI is InChI=1S/C27H24Cl3NSi/c28-32(29,30)21-9-10-22-17-19-25(20-18-22)31(24-13-5-2-6-14-24)27-16-8-7-15-26(27)23-11-3-1-4-12-23/h1-8,11-20H,9-10,21H2. The minimum Gasteiger partial charge on any atom is -0.310 e. The summed E-state index contributed by atoms with van der Waals surface area (Å²) < 4.78 is 0. The van der Waals surface area contributed by atoms with Crippen LogP contribution in [0, 0.1) is 0 Å². The summed E-state index contributed by atoms with van der Waals surface area (Å²) >= 11 is 18.1. The van der Waals surface area contributed by atoms with Gasteiger partial charge in [-0.15, -0.1) is 33.2 Å². The van der Waals surface area contributed by atoms with E-state index in [-0.39, 0.29) is 0 Å². The molecule has 1 nitrogen and oxygen atoms in total. The van der Waals surface area contributed by atoms with E-state index in [0.717, 1.165) is 29.9 Å². The van der Waals surface area contributed by atoms with Crippen molar-refractivity contribution in [2.24, 2.45) is 0 Å². The molecule has 162 valence electrons. The number of aryl methyl sites for hydroxylation is 1. The van der Waals surface area contributed by atoms with Gasteiger partial charge in [0, 0.05) is 16.9 Å². The number of rotatable bonds is 8. The lowest BCUT2D eigenvalue weighted by molar-refractivity contribution is 0.914. The van der Waals surface area contributed by atoms with Crippen LogP contribution in [0.15, 0.2) is 109 Å². The summed E-state index contributed by atoms with van der Waals surface area (Å²) in [5, 5.41) is 0. The summed E-state index contributed by atoms with van der Waals surface area (Å²) in [6.07, 6.45) is 1.80. The van der Waals surface area contributed by atoms with Crippen molar-refractivity contribution in [1.82, 2.24) is 0 Å². The third kappa shape index (κ3) is 5.96. The minimum atomic E-state index is -2.56. The van der Waals surface area contributed by atoms with Gasteiger partial charge in [0.1, 0.15) is 0 Å². The molecule has 4 rings (SSSR count). The summed E-state index contributed by atoms with van der Waals surface area (Å²) in [5.74, 6) is 0. The fourth-order valence-electron chi connectivity index (χ4n) is 3.84. The van der Waals surface area contributed by atoms with Gasteiger partial charge in [-0.05, 0) is 60.3 Å². The molecule has 0 aromatic heterocycles. The summed E-state index contributed by atoms with van der Waals surface area (Å²) in [5.41, 5.74) is 7.00. The molecule has 0 saturated heterocycles. The van der Waals surface area contributed by atoms with Crippen molar-refractivity contribution in [2.75, 3.05) is 4.90 Å². The first kappa shape index (κ1) is 22.9. The van der Waals surface area contributed by atoms with E-state index in [1.54, 1.807) is 0 Å². The molecule has 5 heteroatoms. The molecule has 0 N–H and O–H groups in total.